The third-order valence-electron chi connectivity index (χ3n) is 4.65. The molecule has 1 amide bonds. The molecule has 0 aromatic carbocycles. The van der Waals surface area contributed by atoms with Crippen LogP contribution in [0.5, 0.6) is 0 Å². The summed E-state index contributed by atoms with van der Waals surface area (Å²) in [6.07, 6.45) is 5.34. The Balaban J connectivity index is 2.29. The van der Waals surface area contributed by atoms with Crippen molar-refractivity contribution in [3.63, 3.8) is 0 Å². The van der Waals surface area contributed by atoms with Crippen molar-refractivity contribution in [2.75, 3.05) is 26.7 Å². The highest BCUT2D eigenvalue weighted by Gasteiger charge is 2.30. The van der Waals surface area contributed by atoms with Crippen molar-refractivity contribution in [2.24, 2.45) is 5.73 Å². The SMILES string of the molecule is CCCNC(C)(CCCCN(C)C1CCOC1C)C(N)=O. The molecule has 1 saturated heterocycles. The lowest BCUT2D eigenvalue weighted by Gasteiger charge is -2.29. The van der Waals surface area contributed by atoms with Gasteiger partial charge in [0, 0.05) is 12.6 Å². The molecule has 0 aliphatic carbocycles. The maximum atomic E-state index is 11.6. The molecule has 3 N–H and O–H groups in total. The summed E-state index contributed by atoms with van der Waals surface area (Å²) < 4.78 is 5.61. The predicted molar refractivity (Wildman–Crippen MR) is 86.2 cm³/mol. The second-order valence-electron chi connectivity index (χ2n) is 6.49. The lowest BCUT2D eigenvalue weighted by molar-refractivity contribution is -0.124. The quantitative estimate of drug-likeness (QED) is 0.600. The third kappa shape index (κ3) is 5.57. The number of hydrogen-bond acceptors (Lipinski definition) is 4. The molecule has 5 nitrogen and oxygen atoms in total. The normalized spacial score (nSPS) is 25.2. The molecule has 1 fully saturated rings. The molecule has 1 heterocycles. The van der Waals surface area contributed by atoms with Crippen LogP contribution in [-0.4, -0.2) is 55.2 Å². The average Bonchev–Trinajstić information content (AvgIpc) is 2.87. The van der Waals surface area contributed by atoms with E-state index in [9.17, 15) is 4.79 Å². The maximum Gasteiger partial charge on any atom is 0.237 e. The highest BCUT2D eigenvalue weighted by atomic mass is 16.5. The van der Waals surface area contributed by atoms with E-state index < -0.39 is 5.54 Å². The van der Waals surface area contributed by atoms with Crippen molar-refractivity contribution in [3.8, 4) is 0 Å². The van der Waals surface area contributed by atoms with Crippen LogP contribution in [0, 0.1) is 0 Å². The summed E-state index contributed by atoms with van der Waals surface area (Å²) in [4.78, 5) is 14.0. The molecule has 3 unspecified atom stereocenters. The fourth-order valence-corrected chi connectivity index (χ4v) is 3.00. The van der Waals surface area contributed by atoms with Crippen LogP contribution in [0.2, 0.25) is 0 Å². The van der Waals surface area contributed by atoms with Crippen molar-refractivity contribution in [3.05, 3.63) is 0 Å². The van der Waals surface area contributed by atoms with E-state index >= 15 is 0 Å². The van der Waals surface area contributed by atoms with Crippen molar-refractivity contribution < 1.29 is 9.53 Å². The van der Waals surface area contributed by atoms with Gasteiger partial charge in [0.2, 0.25) is 5.91 Å². The third-order valence-corrected chi connectivity index (χ3v) is 4.65. The Morgan fingerprint density at radius 2 is 2.19 bits per heavy atom. The summed E-state index contributed by atoms with van der Waals surface area (Å²) in [5, 5.41) is 3.29. The zero-order chi connectivity index (χ0) is 15.9. The topological polar surface area (TPSA) is 67.6 Å². The summed E-state index contributed by atoms with van der Waals surface area (Å²) in [7, 11) is 2.17. The first-order chi connectivity index (χ1) is 9.90. The smallest absolute Gasteiger partial charge is 0.237 e. The van der Waals surface area contributed by atoms with Gasteiger partial charge >= 0.3 is 0 Å². The Kier molecular flexibility index (Phi) is 7.63. The average molecular weight is 299 g/mol. The summed E-state index contributed by atoms with van der Waals surface area (Å²) in [5.41, 5.74) is 4.97. The number of amides is 1. The van der Waals surface area contributed by atoms with E-state index in [1.807, 2.05) is 6.92 Å². The van der Waals surface area contributed by atoms with Crippen LogP contribution in [-0.2, 0) is 9.53 Å². The molecule has 1 aliphatic heterocycles. The number of primary amides is 1. The van der Waals surface area contributed by atoms with Crippen molar-refractivity contribution in [1.29, 1.82) is 0 Å². The first-order valence-corrected chi connectivity index (χ1v) is 8.27. The van der Waals surface area contributed by atoms with Crippen LogP contribution in [0.15, 0.2) is 0 Å². The molecule has 21 heavy (non-hydrogen) atoms. The van der Waals surface area contributed by atoms with Gasteiger partial charge in [-0.3, -0.25) is 4.79 Å². The van der Waals surface area contributed by atoms with Gasteiger partial charge in [-0.15, -0.1) is 0 Å². The van der Waals surface area contributed by atoms with Gasteiger partial charge in [0.1, 0.15) is 0 Å². The van der Waals surface area contributed by atoms with Gasteiger partial charge in [0.05, 0.1) is 11.6 Å². The number of nitrogens with one attached hydrogen (secondary N) is 1. The van der Waals surface area contributed by atoms with Gasteiger partial charge in [-0.2, -0.15) is 0 Å². The van der Waals surface area contributed by atoms with Crippen molar-refractivity contribution >= 4 is 5.91 Å². The van der Waals surface area contributed by atoms with Gasteiger partial charge in [-0.05, 0) is 66.1 Å². The van der Waals surface area contributed by atoms with E-state index in [1.165, 1.54) is 0 Å². The molecule has 124 valence electrons. The maximum absolute atomic E-state index is 11.6. The molecular weight excluding hydrogens is 266 g/mol. The van der Waals surface area contributed by atoms with Gasteiger partial charge in [0.15, 0.2) is 0 Å². The molecule has 3 atom stereocenters. The minimum absolute atomic E-state index is 0.248. The number of nitrogens with two attached hydrogens (primary N) is 1. The summed E-state index contributed by atoms with van der Waals surface area (Å²) in [6.45, 7) is 8.90. The zero-order valence-electron chi connectivity index (χ0n) is 14.2. The van der Waals surface area contributed by atoms with Gasteiger partial charge in [-0.25, -0.2) is 0 Å². The number of carbonyl (C=O) groups excluding carboxylic acids is 1. The number of carbonyl (C=O) groups is 1. The standard InChI is InChI=1S/C16H33N3O2/c1-5-10-18-16(3,15(17)20)9-6-7-11-19(4)14-8-12-21-13(14)2/h13-14,18H,5-12H2,1-4H3,(H2,17,20). The van der Waals surface area contributed by atoms with E-state index in [0.717, 1.165) is 51.8 Å². The van der Waals surface area contributed by atoms with Gasteiger partial charge in [0.25, 0.3) is 0 Å². The van der Waals surface area contributed by atoms with Crippen LogP contribution >= 0.6 is 0 Å². The monoisotopic (exact) mass is 299 g/mol. The number of rotatable bonds is 10. The molecule has 0 bridgehead atoms. The van der Waals surface area contributed by atoms with Gasteiger partial charge < -0.3 is 20.7 Å². The summed E-state index contributed by atoms with van der Waals surface area (Å²) in [6, 6.07) is 0.533. The first kappa shape index (κ1) is 18.4. The van der Waals surface area contributed by atoms with Crippen molar-refractivity contribution in [1.82, 2.24) is 10.2 Å². The van der Waals surface area contributed by atoms with E-state index in [1.54, 1.807) is 0 Å². The molecule has 5 heteroatoms. The summed E-state index contributed by atoms with van der Waals surface area (Å²) >= 11 is 0. The number of likely N-dealkylation sites (N-methyl/N-ethyl adjacent to an activating group) is 1. The van der Waals surface area contributed by atoms with Crippen LogP contribution < -0.4 is 11.1 Å². The number of nitrogens with zero attached hydrogens (tertiary/aromatic N) is 1. The number of unbranched alkanes of at least 4 members (excludes halogenated alkanes) is 1. The summed E-state index contributed by atoms with van der Waals surface area (Å²) in [5.74, 6) is -0.248. The Hall–Kier alpha value is -0.650. The minimum Gasteiger partial charge on any atom is -0.377 e. The van der Waals surface area contributed by atoms with Crippen LogP contribution in [0.25, 0.3) is 0 Å². The molecular formula is C16H33N3O2. The molecule has 0 spiro atoms. The van der Waals surface area contributed by atoms with E-state index in [2.05, 4.69) is 31.1 Å². The molecule has 1 aliphatic rings. The highest BCUT2D eigenvalue weighted by molar-refractivity contribution is 5.84. The van der Waals surface area contributed by atoms with E-state index in [-0.39, 0.29) is 5.91 Å². The van der Waals surface area contributed by atoms with Gasteiger partial charge in [-0.1, -0.05) is 6.92 Å². The predicted octanol–water partition coefficient (Wildman–Crippen LogP) is 1.51. The Bertz CT molecular complexity index is 325. The first-order valence-electron chi connectivity index (χ1n) is 8.27. The van der Waals surface area contributed by atoms with Crippen LogP contribution in [0.3, 0.4) is 0 Å². The Morgan fingerprint density at radius 3 is 2.71 bits per heavy atom. The molecule has 0 aromatic heterocycles. The Morgan fingerprint density at radius 1 is 1.48 bits per heavy atom. The van der Waals surface area contributed by atoms with Crippen LogP contribution in [0.1, 0.15) is 52.9 Å². The lowest BCUT2D eigenvalue weighted by atomic mass is 9.93. The van der Waals surface area contributed by atoms with E-state index in [4.69, 9.17) is 10.5 Å². The highest BCUT2D eigenvalue weighted by Crippen LogP contribution is 2.19. The largest absolute Gasteiger partial charge is 0.377 e. The Labute approximate surface area is 129 Å². The van der Waals surface area contributed by atoms with E-state index in [0.29, 0.717) is 12.1 Å². The second kappa shape index (κ2) is 8.71. The second-order valence-corrected chi connectivity index (χ2v) is 6.49. The fourth-order valence-electron chi connectivity index (χ4n) is 3.00. The molecule has 1 rings (SSSR count). The molecule has 0 saturated carbocycles. The fraction of sp³-hybridized carbons (Fsp3) is 0.938. The van der Waals surface area contributed by atoms with Crippen molar-refractivity contribution in [2.45, 2.75) is 70.6 Å². The molecule has 0 radical (unpaired) electrons. The minimum atomic E-state index is -0.571. The van der Waals surface area contributed by atoms with Crippen LogP contribution in [0.4, 0.5) is 0 Å². The molecule has 0 aromatic rings. The number of hydrogen-bond donors (Lipinski definition) is 2. The zero-order valence-corrected chi connectivity index (χ0v) is 14.2. The lowest BCUT2D eigenvalue weighted by Crippen LogP contribution is -2.53. The number of ether oxygens (including phenoxy) is 1.